The zero-order valence-electron chi connectivity index (χ0n) is 21.4. The summed E-state index contributed by atoms with van der Waals surface area (Å²) in [6.45, 7) is 3.96. The van der Waals surface area contributed by atoms with E-state index in [2.05, 4.69) is 10.3 Å². The number of aromatic nitrogens is 2. The number of rotatable bonds is 9. The molecule has 3 N–H and O–H groups in total. The van der Waals surface area contributed by atoms with Crippen LogP contribution in [-0.2, 0) is 20.8 Å². The predicted molar refractivity (Wildman–Crippen MR) is 142 cm³/mol. The lowest BCUT2D eigenvalue weighted by Crippen LogP contribution is -2.56. The summed E-state index contributed by atoms with van der Waals surface area (Å²) < 4.78 is 0.902. The molecule has 0 radical (unpaired) electrons. The lowest BCUT2D eigenvalue weighted by Gasteiger charge is -2.31. The fraction of sp³-hybridized carbons (Fsp3) is 0.393. The minimum atomic E-state index is -1.24. The van der Waals surface area contributed by atoms with E-state index in [-0.39, 0.29) is 24.3 Å². The molecule has 1 aliphatic heterocycles. The summed E-state index contributed by atoms with van der Waals surface area (Å²) >= 11 is 0. The average molecular weight is 521 g/mol. The van der Waals surface area contributed by atoms with Crippen LogP contribution in [0.4, 0.5) is 0 Å². The molecule has 38 heavy (non-hydrogen) atoms. The van der Waals surface area contributed by atoms with Crippen LogP contribution in [0.15, 0.2) is 64.2 Å². The zero-order valence-corrected chi connectivity index (χ0v) is 21.4. The number of H-pyrrole nitrogens is 1. The number of carboxylic acid groups (broad SMARTS) is 1. The Morgan fingerprint density at radius 2 is 1.76 bits per heavy atom. The molecule has 0 saturated carbocycles. The second kappa shape index (κ2) is 11.5. The molecule has 0 aliphatic carbocycles. The van der Waals surface area contributed by atoms with Gasteiger partial charge in [-0.25, -0.2) is 14.2 Å². The minimum Gasteiger partial charge on any atom is -0.480 e. The van der Waals surface area contributed by atoms with Crippen molar-refractivity contribution in [2.24, 2.45) is 5.92 Å². The molecule has 2 aromatic carbocycles. The number of para-hydroxylation sites is 1. The standard InChI is InChI=1S/C28H32N4O6/c1-3-17(2)23(26(35)31-15-9-14-21(31)27(36)37)30-24(33)22(16-18-10-5-4-6-11-18)32-25(34)19-12-7-8-13-20(19)29-28(32)38/h4-8,10-13,17,21-23H,3,9,14-16H2,1-2H3,(H,29,38)(H,30,33)(H,36,37)/t17?,21-,22-,23-/m0/s1. The SMILES string of the molecule is CCC(C)[C@H](NC(=O)[C@H](Cc1ccccc1)n1c(=O)[nH]c2ccccc2c1=O)C(=O)N1CCC[C@H]1C(=O)O. The second-order valence-corrected chi connectivity index (χ2v) is 9.76. The second-order valence-electron chi connectivity index (χ2n) is 9.76. The van der Waals surface area contributed by atoms with E-state index in [1.54, 1.807) is 55.5 Å². The molecule has 3 aromatic rings. The molecule has 0 spiro atoms. The molecule has 2 amide bonds. The number of hydrogen-bond donors (Lipinski definition) is 3. The van der Waals surface area contributed by atoms with Gasteiger partial charge < -0.3 is 20.3 Å². The maximum absolute atomic E-state index is 13.8. The molecule has 200 valence electrons. The number of aliphatic carboxylic acids is 1. The number of likely N-dealkylation sites (tertiary alicyclic amines) is 1. The van der Waals surface area contributed by atoms with Gasteiger partial charge in [0.1, 0.15) is 18.1 Å². The van der Waals surface area contributed by atoms with Crippen LogP contribution >= 0.6 is 0 Å². The molecule has 2 heterocycles. The summed E-state index contributed by atoms with van der Waals surface area (Å²) in [4.78, 5) is 69.6. The quantitative estimate of drug-likeness (QED) is 0.394. The highest BCUT2D eigenvalue weighted by Gasteiger charge is 2.40. The van der Waals surface area contributed by atoms with Gasteiger partial charge in [0.15, 0.2) is 0 Å². The van der Waals surface area contributed by atoms with E-state index in [1.165, 1.54) is 4.90 Å². The third kappa shape index (κ3) is 5.39. The Morgan fingerprint density at radius 1 is 1.08 bits per heavy atom. The van der Waals surface area contributed by atoms with Gasteiger partial charge in [0.2, 0.25) is 11.8 Å². The minimum absolute atomic E-state index is 0.0386. The zero-order chi connectivity index (χ0) is 27.4. The lowest BCUT2D eigenvalue weighted by atomic mass is 9.96. The van der Waals surface area contributed by atoms with Crippen LogP contribution in [0.25, 0.3) is 10.9 Å². The van der Waals surface area contributed by atoms with Gasteiger partial charge in [0.25, 0.3) is 5.56 Å². The fourth-order valence-electron chi connectivity index (χ4n) is 5.00. The van der Waals surface area contributed by atoms with Gasteiger partial charge in [-0.15, -0.1) is 0 Å². The predicted octanol–water partition coefficient (Wildman–Crippen LogP) is 2.08. The van der Waals surface area contributed by atoms with Crippen LogP contribution < -0.4 is 16.6 Å². The molecule has 1 saturated heterocycles. The highest BCUT2D eigenvalue weighted by atomic mass is 16.4. The number of carboxylic acids is 1. The summed E-state index contributed by atoms with van der Waals surface area (Å²) in [5, 5.41) is 12.6. The van der Waals surface area contributed by atoms with Crippen LogP contribution in [0.2, 0.25) is 0 Å². The molecule has 4 atom stereocenters. The summed E-state index contributed by atoms with van der Waals surface area (Å²) in [5.74, 6) is -2.54. The van der Waals surface area contributed by atoms with E-state index in [9.17, 15) is 29.1 Å². The van der Waals surface area contributed by atoms with Crippen molar-refractivity contribution in [3.63, 3.8) is 0 Å². The summed E-state index contributed by atoms with van der Waals surface area (Å²) in [5.41, 5.74) is -0.262. The Morgan fingerprint density at radius 3 is 2.45 bits per heavy atom. The number of nitrogens with zero attached hydrogens (tertiary/aromatic N) is 2. The van der Waals surface area contributed by atoms with E-state index in [0.29, 0.717) is 24.8 Å². The van der Waals surface area contributed by atoms with E-state index >= 15 is 0 Å². The van der Waals surface area contributed by atoms with E-state index in [1.807, 2.05) is 13.0 Å². The van der Waals surface area contributed by atoms with Crippen LogP contribution in [0.5, 0.6) is 0 Å². The summed E-state index contributed by atoms with van der Waals surface area (Å²) in [7, 11) is 0. The number of carbonyl (C=O) groups excluding carboxylic acids is 2. The van der Waals surface area contributed by atoms with Crippen molar-refractivity contribution in [1.29, 1.82) is 0 Å². The first-order valence-corrected chi connectivity index (χ1v) is 12.8. The van der Waals surface area contributed by atoms with Crippen molar-refractivity contribution >= 4 is 28.7 Å². The van der Waals surface area contributed by atoms with Gasteiger partial charge in [-0.05, 0) is 36.5 Å². The number of amides is 2. The van der Waals surface area contributed by atoms with Crippen molar-refractivity contribution in [3.05, 3.63) is 81.0 Å². The average Bonchev–Trinajstić information content (AvgIpc) is 3.41. The molecule has 1 aromatic heterocycles. The van der Waals surface area contributed by atoms with Crippen LogP contribution in [0.3, 0.4) is 0 Å². The van der Waals surface area contributed by atoms with Crippen LogP contribution in [-0.4, -0.2) is 56.0 Å². The highest BCUT2D eigenvalue weighted by molar-refractivity contribution is 5.92. The molecule has 10 nitrogen and oxygen atoms in total. The molecular formula is C28H32N4O6. The van der Waals surface area contributed by atoms with E-state index < -0.39 is 47.2 Å². The van der Waals surface area contributed by atoms with Gasteiger partial charge in [0.05, 0.1) is 10.9 Å². The van der Waals surface area contributed by atoms with Gasteiger partial charge in [-0.2, -0.15) is 0 Å². The van der Waals surface area contributed by atoms with Crippen LogP contribution in [0.1, 0.15) is 44.7 Å². The molecule has 1 fully saturated rings. The largest absolute Gasteiger partial charge is 0.480 e. The van der Waals surface area contributed by atoms with Crippen molar-refractivity contribution in [3.8, 4) is 0 Å². The smallest absolute Gasteiger partial charge is 0.329 e. The first kappa shape index (κ1) is 26.8. The van der Waals surface area contributed by atoms with Crippen molar-refractivity contribution in [2.45, 2.75) is 57.7 Å². The third-order valence-corrected chi connectivity index (χ3v) is 7.32. The normalized spacial score (nSPS) is 17.6. The third-order valence-electron chi connectivity index (χ3n) is 7.32. The maximum atomic E-state index is 13.8. The summed E-state index contributed by atoms with van der Waals surface area (Å²) in [6.07, 6.45) is 1.49. The number of hydrogen-bond acceptors (Lipinski definition) is 5. The fourth-order valence-corrected chi connectivity index (χ4v) is 5.00. The summed E-state index contributed by atoms with van der Waals surface area (Å²) in [6, 6.07) is 12.3. The maximum Gasteiger partial charge on any atom is 0.329 e. The molecule has 1 unspecified atom stereocenters. The highest BCUT2D eigenvalue weighted by Crippen LogP contribution is 2.22. The number of fused-ring (bicyclic) bond motifs is 1. The first-order valence-electron chi connectivity index (χ1n) is 12.8. The number of carbonyl (C=O) groups is 3. The van der Waals surface area contributed by atoms with E-state index in [4.69, 9.17) is 0 Å². The van der Waals surface area contributed by atoms with Crippen molar-refractivity contribution in [1.82, 2.24) is 19.8 Å². The number of benzene rings is 2. The van der Waals surface area contributed by atoms with Crippen LogP contribution in [0, 0.1) is 5.92 Å². The molecule has 0 bridgehead atoms. The topological polar surface area (TPSA) is 142 Å². The Kier molecular flexibility index (Phi) is 8.09. The number of nitrogens with one attached hydrogen (secondary N) is 2. The van der Waals surface area contributed by atoms with Gasteiger partial charge in [-0.3, -0.25) is 14.4 Å². The van der Waals surface area contributed by atoms with E-state index in [0.717, 1.165) is 10.1 Å². The Labute approximate surface area is 219 Å². The molecule has 1 aliphatic rings. The molecule has 4 rings (SSSR count). The van der Waals surface area contributed by atoms with Gasteiger partial charge in [-0.1, -0.05) is 62.7 Å². The Balaban J connectivity index is 1.74. The Hall–Kier alpha value is -4.21. The van der Waals surface area contributed by atoms with Crippen molar-refractivity contribution in [2.75, 3.05) is 6.54 Å². The molecular weight excluding hydrogens is 488 g/mol. The first-order chi connectivity index (χ1) is 18.2. The number of aromatic amines is 1. The van der Waals surface area contributed by atoms with Gasteiger partial charge >= 0.3 is 11.7 Å². The Bertz CT molecular complexity index is 1450. The van der Waals surface area contributed by atoms with Gasteiger partial charge in [0, 0.05) is 13.0 Å². The lowest BCUT2D eigenvalue weighted by molar-refractivity contribution is -0.150. The van der Waals surface area contributed by atoms with Crippen molar-refractivity contribution < 1.29 is 19.5 Å². The molecule has 10 heteroatoms. The monoisotopic (exact) mass is 520 g/mol.